The minimum Gasteiger partial charge on any atom is -0.339 e. The van der Waals surface area contributed by atoms with Gasteiger partial charge < -0.3 is 4.98 Å². The molecule has 1 aromatic carbocycles. The van der Waals surface area contributed by atoms with E-state index < -0.39 is 0 Å². The van der Waals surface area contributed by atoms with Gasteiger partial charge >= 0.3 is 5.56 Å². The number of nitrogens with one attached hydrogen (secondary N) is 1. The first-order valence-corrected chi connectivity index (χ1v) is 5.12. The number of benzene rings is 1. The molecular weight excluding hydrogens is 218 g/mol. The predicted molar refractivity (Wildman–Crippen MR) is 62.0 cm³/mol. The van der Waals surface area contributed by atoms with Gasteiger partial charge in [-0.1, -0.05) is 23.4 Å². The van der Waals surface area contributed by atoms with Crippen LogP contribution >= 0.6 is 0 Å². The smallest absolute Gasteiger partial charge is 0.300 e. The standard InChI is InChI=1S/C11H9N5O/c1-7-4-2-3-5-8(7)16-11(17)9-10(14-15-16)13-6-12-9/h2-6H,1H3,(H,12,13). The second-order valence-electron chi connectivity index (χ2n) is 3.69. The van der Waals surface area contributed by atoms with E-state index in [0.717, 1.165) is 11.3 Å². The highest BCUT2D eigenvalue weighted by atomic mass is 16.1. The summed E-state index contributed by atoms with van der Waals surface area (Å²) in [4.78, 5) is 18.8. The minimum atomic E-state index is -0.248. The number of aryl methyl sites for hydroxylation is 1. The lowest BCUT2D eigenvalue weighted by Crippen LogP contribution is -2.23. The highest BCUT2D eigenvalue weighted by Crippen LogP contribution is 2.10. The van der Waals surface area contributed by atoms with E-state index in [9.17, 15) is 4.79 Å². The molecule has 0 radical (unpaired) electrons. The fourth-order valence-corrected chi connectivity index (χ4v) is 1.71. The van der Waals surface area contributed by atoms with Crippen molar-refractivity contribution in [2.24, 2.45) is 0 Å². The highest BCUT2D eigenvalue weighted by molar-refractivity contribution is 5.67. The first-order chi connectivity index (χ1) is 8.27. The molecule has 0 aliphatic carbocycles. The van der Waals surface area contributed by atoms with Gasteiger partial charge in [0.15, 0.2) is 5.52 Å². The summed E-state index contributed by atoms with van der Waals surface area (Å²) in [6.45, 7) is 1.92. The van der Waals surface area contributed by atoms with Crippen molar-refractivity contribution in [3.63, 3.8) is 0 Å². The molecule has 3 rings (SSSR count). The second kappa shape index (κ2) is 3.51. The molecule has 0 aliphatic rings. The predicted octanol–water partition coefficient (Wildman–Crippen LogP) is 0.812. The van der Waals surface area contributed by atoms with E-state index in [4.69, 9.17) is 0 Å². The normalized spacial score (nSPS) is 10.9. The molecule has 17 heavy (non-hydrogen) atoms. The lowest BCUT2D eigenvalue weighted by Gasteiger charge is -2.05. The summed E-state index contributed by atoms with van der Waals surface area (Å²) in [5, 5.41) is 7.77. The Morgan fingerprint density at radius 2 is 2.12 bits per heavy atom. The molecule has 0 unspecified atom stereocenters. The van der Waals surface area contributed by atoms with Crippen molar-refractivity contribution in [1.82, 2.24) is 25.0 Å². The molecule has 0 bridgehead atoms. The summed E-state index contributed by atoms with van der Waals surface area (Å²) in [6, 6.07) is 7.51. The average Bonchev–Trinajstić information content (AvgIpc) is 2.80. The fraction of sp³-hybridized carbons (Fsp3) is 0.0909. The molecular formula is C11H9N5O. The van der Waals surface area contributed by atoms with Crippen LogP contribution in [0, 0.1) is 6.92 Å². The van der Waals surface area contributed by atoms with Gasteiger partial charge in [-0.05, 0) is 18.6 Å². The molecule has 2 aromatic heterocycles. The summed E-state index contributed by atoms with van der Waals surface area (Å²) in [5.74, 6) is 0. The average molecular weight is 227 g/mol. The number of nitrogens with zero attached hydrogens (tertiary/aromatic N) is 4. The van der Waals surface area contributed by atoms with E-state index >= 15 is 0 Å². The monoisotopic (exact) mass is 227 g/mol. The Labute approximate surface area is 95.9 Å². The van der Waals surface area contributed by atoms with Crippen molar-refractivity contribution in [3.8, 4) is 5.69 Å². The van der Waals surface area contributed by atoms with Crippen molar-refractivity contribution < 1.29 is 0 Å². The Morgan fingerprint density at radius 1 is 1.29 bits per heavy atom. The van der Waals surface area contributed by atoms with E-state index in [1.165, 1.54) is 11.0 Å². The van der Waals surface area contributed by atoms with Gasteiger partial charge in [0, 0.05) is 0 Å². The van der Waals surface area contributed by atoms with Gasteiger partial charge in [-0.3, -0.25) is 4.79 Å². The van der Waals surface area contributed by atoms with Gasteiger partial charge in [-0.15, -0.1) is 5.10 Å². The van der Waals surface area contributed by atoms with Gasteiger partial charge in [-0.25, -0.2) is 4.98 Å². The number of rotatable bonds is 1. The molecule has 0 saturated heterocycles. The maximum atomic E-state index is 12.1. The largest absolute Gasteiger partial charge is 0.339 e. The van der Waals surface area contributed by atoms with Crippen molar-refractivity contribution in [3.05, 3.63) is 46.5 Å². The van der Waals surface area contributed by atoms with Crippen molar-refractivity contribution in [2.45, 2.75) is 6.92 Å². The van der Waals surface area contributed by atoms with Gasteiger partial charge in [0.1, 0.15) is 0 Å². The third-order valence-corrected chi connectivity index (χ3v) is 2.60. The minimum absolute atomic E-state index is 0.248. The molecule has 0 fully saturated rings. The van der Waals surface area contributed by atoms with Crippen LogP contribution in [0.25, 0.3) is 16.9 Å². The quantitative estimate of drug-likeness (QED) is 0.667. The summed E-state index contributed by atoms with van der Waals surface area (Å²) >= 11 is 0. The number of aromatic nitrogens is 5. The van der Waals surface area contributed by atoms with Crippen LogP contribution in [0.3, 0.4) is 0 Å². The third kappa shape index (κ3) is 1.42. The Hall–Kier alpha value is -2.50. The lowest BCUT2D eigenvalue weighted by atomic mass is 10.2. The summed E-state index contributed by atoms with van der Waals surface area (Å²) in [6.07, 6.45) is 1.43. The first-order valence-electron chi connectivity index (χ1n) is 5.12. The van der Waals surface area contributed by atoms with Crippen LogP contribution in [0.15, 0.2) is 35.4 Å². The number of imidazole rings is 1. The molecule has 6 nitrogen and oxygen atoms in total. The zero-order chi connectivity index (χ0) is 11.8. The summed E-state index contributed by atoms with van der Waals surface area (Å²) in [7, 11) is 0. The molecule has 3 aromatic rings. The number of hydrogen-bond acceptors (Lipinski definition) is 4. The van der Waals surface area contributed by atoms with Crippen LogP contribution in [0.1, 0.15) is 5.56 Å². The van der Waals surface area contributed by atoms with Crippen LogP contribution in [0.5, 0.6) is 0 Å². The van der Waals surface area contributed by atoms with Crippen molar-refractivity contribution in [2.75, 3.05) is 0 Å². The molecule has 0 atom stereocenters. The zero-order valence-electron chi connectivity index (χ0n) is 9.08. The van der Waals surface area contributed by atoms with E-state index in [0.29, 0.717) is 11.2 Å². The molecule has 2 heterocycles. The maximum Gasteiger partial charge on any atom is 0.300 e. The number of hydrogen-bond donors (Lipinski definition) is 1. The number of fused-ring (bicyclic) bond motifs is 1. The molecule has 0 amide bonds. The molecule has 84 valence electrons. The Morgan fingerprint density at radius 3 is 2.94 bits per heavy atom. The highest BCUT2D eigenvalue weighted by Gasteiger charge is 2.10. The van der Waals surface area contributed by atoms with E-state index in [-0.39, 0.29) is 5.56 Å². The Balaban J connectivity index is 2.35. The van der Waals surface area contributed by atoms with Crippen LogP contribution in [-0.4, -0.2) is 25.0 Å². The second-order valence-corrected chi connectivity index (χ2v) is 3.69. The van der Waals surface area contributed by atoms with Crippen LogP contribution in [-0.2, 0) is 0 Å². The molecule has 0 aliphatic heterocycles. The van der Waals surface area contributed by atoms with Crippen molar-refractivity contribution in [1.29, 1.82) is 0 Å². The maximum absolute atomic E-state index is 12.1. The zero-order valence-corrected chi connectivity index (χ0v) is 9.08. The number of aromatic amines is 1. The fourth-order valence-electron chi connectivity index (χ4n) is 1.71. The summed E-state index contributed by atoms with van der Waals surface area (Å²) < 4.78 is 1.27. The molecule has 0 spiro atoms. The number of para-hydroxylation sites is 1. The van der Waals surface area contributed by atoms with E-state index in [2.05, 4.69) is 20.3 Å². The topological polar surface area (TPSA) is 76.5 Å². The van der Waals surface area contributed by atoms with E-state index in [1.54, 1.807) is 0 Å². The lowest BCUT2D eigenvalue weighted by molar-refractivity contribution is 0.730. The van der Waals surface area contributed by atoms with Crippen LogP contribution < -0.4 is 5.56 Å². The SMILES string of the molecule is Cc1ccccc1-n1nnc2nc[nH]c2c1=O. The first kappa shape index (κ1) is 9.71. The van der Waals surface area contributed by atoms with Gasteiger partial charge in [0.05, 0.1) is 12.0 Å². The van der Waals surface area contributed by atoms with E-state index in [1.807, 2.05) is 31.2 Å². The third-order valence-electron chi connectivity index (χ3n) is 2.60. The number of H-pyrrole nitrogens is 1. The van der Waals surface area contributed by atoms with Gasteiger partial charge in [0.2, 0.25) is 5.65 Å². The Bertz CT molecular complexity index is 743. The molecule has 0 saturated carbocycles. The summed E-state index contributed by atoms with van der Waals surface area (Å²) in [5.41, 5.74) is 2.13. The molecule has 1 N–H and O–H groups in total. The van der Waals surface area contributed by atoms with Crippen LogP contribution in [0.2, 0.25) is 0 Å². The molecule has 6 heteroatoms. The Kier molecular flexibility index (Phi) is 2.01. The van der Waals surface area contributed by atoms with Gasteiger partial charge in [-0.2, -0.15) is 4.68 Å². The van der Waals surface area contributed by atoms with Gasteiger partial charge in [0.25, 0.3) is 0 Å². The van der Waals surface area contributed by atoms with Crippen molar-refractivity contribution >= 4 is 11.2 Å². The van der Waals surface area contributed by atoms with Crippen LogP contribution in [0.4, 0.5) is 0 Å².